The number of allylic oxidation sites excluding steroid dienone is 2. The number of carbonyl (C=O) groups is 3. The van der Waals surface area contributed by atoms with Gasteiger partial charge in [0, 0.05) is 80.8 Å². The lowest BCUT2D eigenvalue weighted by molar-refractivity contribution is -0.160. The number of rotatable bonds is 4. The second-order valence-electron chi connectivity index (χ2n) is 18.5. The average molecular weight is 895 g/mol. The first-order chi connectivity index (χ1) is 30.8. The van der Waals surface area contributed by atoms with Crippen LogP contribution in [0.5, 0.6) is 17.2 Å². The van der Waals surface area contributed by atoms with Gasteiger partial charge in [0.15, 0.2) is 5.75 Å². The number of phenolic OH excluding ortho intramolecular Hbond substituents is 2. The van der Waals surface area contributed by atoms with Crippen molar-refractivity contribution in [2.45, 2.75) is 111 Å². The molecule has 5 N–H and O–H groups in total. The van der Waals surface area contributed by atoms with Crippen molar-refractivity contribution in [3.05, 3.63) is 93.9 Å². The number of phenols is 2. The summed E-state index contributed by atoms with van der Waals surface area (Å²) in [5, 5.41) is 50.9. The lowest BCUT2D eigenvalue weighted by Crippen LogP contribution is -2.55. The highest BCUT2D eigenvalue weighted by molar-refractivity contribution is 6.21. The van der Waals surface area contributed by atoms with Crippen LogP contribution in [0, 0.1) is 30.6 Å². The minimum Gasteiger partial charge on any atom is -0.507 e. The van der Waals surface area contributed by atoms with Crippen LogP contribution in [0.1, 0.15) is 82.8 Å². The van der Waals surface area contributed by atoms with Gasteiger partial charge in [-0.25, -0.2) is 4.99 Å². The topological polar surface area (TPSA) is 209 Å². The Morgan fingerprint density at radius 3 is 2.29 bits per heavy atom. The van der Waals surface area contributed by atoms with Crippen molar-refractivity contribution in [3.63, 3.8) is 0 Å². The van der Waals surface area contributed by atoms with Gasteiger partial charge in [-0.05, 0) is 38.3 Å². The summed E-state index contributed by atoms with van der Waals surface area (Å²) in [5.41, 5.74) is 1.35. The smallest absolute Gasteiger partial charge is 0.312 e. The number of hydrogen-bond acceptors (Lipinski definition) is 14. The zero-order valence-corrected chi connectivity index (χ0v) is 38.6. The summed E-state index contributed by atoms with van der Waals surface area (Å²) < 4.78 is 24.1. The van der Waals surface area contributed by atoms with Gasteiger partial charge in [-0.1, -0.05) is 76.3 Å². The number of aliphatic hydroxyl groups is 2. The van der Waals surface area contributed by atoms with E-state index in [1.54, 1.807) is 59.8 Å². The number of aromatic hydroxyl groups is 2. The summed E-state index contributed by atoms with van der Waals surface area (Å²) in [6, 6.07) is 10.2. The molecule has 0 radical (unpaired) electrons. The predicted octanol–water partition coefficient (Wildman–Crippen LogP) is 5.34. The average Bonchev–Trinajstić information content (AvgIpc) is 3.55. The molecule has 1 saturated heterocycles. The number of ketones is 1. The molecule has 4 aliphatic rings. The number of aliphatic hydroxyl groups excluding tert-OH is 2. The van der Waals surface area contributed by atoms with Crippen LogP contribution in [-0.2, 0) is 30.3 Å². The number of anilines is 1. The number of methoxy groups -OCH3 is 1. The molecule has 7 rings (SSSR count). The van der Waals surface area contributed by atoms with E-state index in [1.807, 2.05) is 18.2 Å². The molecule has 1 spiro atoms. The van der Waals surface area contributed by atoms with E-state index in [0.29, 0.717) is 18.5 Å². The Labute approximate surface area is 379 Å². The summed E-state index contributed by atoms with van der Waals surface area (Å²) in [6.07, 6.45) is 5.25. The fourth-order valence-corrected chi connectivity index (χ4v) is 9.75. The number of carbonyl (C=O) groups excluding carboxylic acids is 3. The Bertz CT molecular complexity index is 2570. The van der Waals surface area contributed by atoms with Crippen LogP contribution < -0.4 is 20.8 Å². The van der Waals surface area contributed by atoms with Gasteiger partial charge in [0.25, 0.3) is 11.7 Å². The Hall–Kier alpha value is -5.61. The number of likely N-dealkylation sites (tertiary alicyclic amines) is 1. The lowest BCUT2D eigenvalue weighted by Gasteiger charge is -2.44. The number of nitrogens with zero attached hydrogens (tertiary/aromatic N) is 3. The van der Waals surface area contributed by atoms with Crippen LogP contribution in [-0.4, -0.2) is 105 Å². The summed E-state index contributed by atoms with van der Waals surface area (Å²) >= 11 is 0. The molecular formula is C50H62N4O11. The summed E-state index contributed by atoms with van der Waals surface area (Å²) in [7, 11) is 1.47. The van der Waals surface area contributed by atoms with E-state index in [0.717, 1.165) is 19.6 Å². The third-order valence-electron chi connectivity index (χ3n) is 13.9. The minimum absolute atomic E-state index is 0.0485. The van der Waals surface area contributed by atoms with Crippen molar-refractivity contribution in [3.8, 4) is 17.2 Å². The van der Waals surface area contributed by atoms with Crippen molar-refractivity contribution in [1.82, 2.24) is 4.90 Å². The van der Waals surface area contributed by atoms with Crippen LogP contribution in [0.4, 0.5) is 5.69 Å². The number of amides is 1. The number of hydrogen-bond donors (Lipinski definition) is 5. The van der Waals surface area contributed by atoms with Crippen LogP contribution in [0.2, 0.25) is 0 Å². The number of nitrogens with one attached hydrogen (secondary N) is 1. The normalized spacial score (nSPS) is 31.4. The van der Waals surface area contributed by atoms with Crippen LogP contribution in [0.15, 0.2) is 76.5 Å². The molecule has 0 aliphatic carbocycles. The molecule has 348 valence electrons. The van der Waals surface area contributed by atoms with E-state index >= 15 is 0 Å². The molecular weight excluding hydrogens is 833 g/mol. The standard InChI is InChI=1S/C50H62N4O11/c1-26-14-13-15-27(2)48(61)52-40-39-38(53-50(25-51-39)19-21-54(22-20-50)24-33-16-11-10-12-17-33)35-36(44(40)59)43(58)31(6)46-37(35)47(60)49(8,65-46)63-23-18-34(62-9)28(3)45(64-32(7)55)30(5)42(57)29(4)41(26)56/h10-18,23,26,28-30,34,41-42,45,53,56-59H,19-22,24-25H2,1-9H3/b14-13+,23-18+,27-15-,52-40?/t26-,28+,29+,30+,34-,41-,42+,45+,49-/m0/s1. The van der Waals surface area contributed by atoms with Crippen LogP contribution >= 0.6 is 0 Å². The minimum atomic E-state index is -1.97. The molecule has 9 atom stereocenters. The Morgan fingerprint density at radius 1 is 0.938 bits per heavy atom. The van der Waals surface area contributed by atoms with E-state index in [2.05, 4.69) is 27.3 Å². The Kier molecular flexibility index (Phi) is 13.6. The first-order valence-electron chi connectivity index (χ1n) is 22.4. The highest BCUT2D eigenvalue weighted by atomic mass is 16.7. The van der Waals surface area contributed by atoms with Gasteiger partial charge in [0.05, 0.1) is 53.3 Å². The quantitative estimate of drug-likeness (QED) is 0.166. The van der Waals surface area contributed by atoms with E-state index in [1.165, 1.54) is 38.9 Å². The molecule has 4 heterocycles. The second kappa shape index (κ2) is 18.7. The van der Waals surface area contributed by atoms with Gasteiger partial charge < -0.3 is 44.7 Å². The molecule has 4 bridgehead atoms. The maximum Gasteiger partial charge on any atom is 0.312 e. The fourth-order valence-electron chi connectivity index (χ4n) is 9.75. The second-order valence-corrected chi connectivity index (χ2v) is 18.5. The van der Waals surface area contributed by atoms with Crippen molar-refractivity contribution in [2.75, 3.05) is 32.1 Å². The SMILES string of the molecule is CO[C@H]1/C=C/O[C@@]2(C)Oc3c(C)c(O)c4c(O)c(c5c(c4c3C2=O)NC2(CCN(Cc3ccccc3)CC2)CN=5)=NC(=O)/C(C)=C\C=C\[C@H](C)[C@H](O)[C@@H](C)[C@@H](O)[C@@H](C)[C@H](OC(C)=O)[C@@H]1C. The summed E-state index contributed by atoms with van der Waals surface area (Å²) in [5.74, 6) is -7.11. The number of benzene rings is 3. The largest absolute Gasteiger partial charge is 0.507 e. The monoisotopic (exact) mass is 894 g/mol. The zero-order chi connectivity index (χ0) is 47.1. The molecule has 3 aromatic carbocycles. The van der Waals surface area contributed by atoms with E-state index in [-0.39, 0.29) is 56.2 Å². The van der Waals surface area contributed by atoms with Gasteiger partial charge in [0.2, 0.25) is 0 Å². The number of Topliss-reactive ketones (excluding diaryl/α,β-unsaturated/α-hetero) is 1. The maximum absolute atomic E-state index is 14.9. The van der Waals surface area contributed by atoms with Crippen molar-refractivity contribution >= 4 is 34.1 Å². The number of esters is 1. The van der Waals surface area contributed by atoms with Crippen LogP contribution in [0.25, 0.3) is 10.8 Å². The highest BCUT2D eigenvalue weighted by Crippen LogP contribution is 2.51. The van der Waals surface area contributed by atoms with Crippen molar-refractivity contribution < 1.29 is 53.8 Å². The molecule has 3 aromatic rings. The number of fused-ring (bicyclic) bond motifs is 1. The summed E-state index contributed by atoms with van der Waals surface area (Å²) in [4.78, 5) is 53.0. The molecule has 65 heavy (non-hydrogen) atoms. The molecule has 15 heteroatoms. The van der Waals surface area contributed by atoms with Gasteiger partial charge in [-0.3, -0.25) is 24.3 Å². The first kappa shape index (κ1) is 47.4. The molecule has 0 unspecified atom stereocenters. The van der Waals surface area contributed by atoms with Crippen molar-refractivity contribution in [1.29, 1.82) is 0 Å². The fraction of sp³-hybridized carbons (Fsp3) is 0.500. The number of ether oxygens (including phenoxy) is 4. The lowest BCUT2D eigenvalue weighted by atomic mass is 9.78. The van der Waals surface area contributed by atoms with E-state index in [4.69, 9.17) is 23.9 Å². The molecule has 4 aliphatic heterocycles. The molecule has 15 nitrogen and oxygen atoms in total. The van der Waals surface area contributed by atoms with E-state index in [9.17, 15) is 34.8 Å². The summed E-state index contributed by atoms with van der Waals surface area (Å²) in [6.45, 7) is 15.4. The first-order valence-corrected chi connectivity index (χ1v) is 22.4. The molecule has 1 amide bonds. The van der Waals surface area contributed by atoms with E-state index < -0.39 is 82.8 Å². The molecule has 1 fully saturated rings. The highest BCUT2D eigenvalue weighted by Gasteiger charge is 2.50. The van der Waals surface area contributed by atoms with Gasteiger partial charge >= 0.3 is 11.8 Å². The van der Waals surface area contributed by atoms with Gasteiger partial charge in [-0.2, -0.15) is 0 Å². The Balaban J connectivity index is 1.38. The number of piperidine rings is 1. The third kappa shape index (κ3) is 9.03. The van der Waals surface area contributed by atoms with Gasteiger partial charge in [0.1, 0.15) is 28.3 Å². The Morgan fingerprint density at radius 2 is 1.63 bits per heavy atom. The van der Waals surface area contributed by atoms with Crippen molar-refractivity contribution in [2.24, 2.45) is 33.7 Å². The predicted molar refractivity (Wildman–Crippen MR) is 243 cm³/mol. The zero-order valence-electron chi connectivity index (χ0n) is 38.6. The maximum atomic E-state index is 14.9. The van der Waals surface area contributed by atoms with Gasteiger partial charge in [-0.15, -0.1) is 0 Å². The molecule has 0 saturated carbocycles. The third-order valence-corrected chi connectivity index (χ3v) is 13.9. The van der Waals surface area contributed by atoms with Crippen LogP contribution in [0.3, 0.4) is 0 Å². The molecule has 0 aromatic heterocycles.